The lowest BCUT2D eigenvalue weighted by atomic mass is 10.2. The number of aromatic carboxylic acids is 1. The number of hydrogen-bond donors (Lipinski definition) is 3. The molecule has 0 spiro atoms. The Morgan fingerprint density at radius 3 is 2.79 bits per heavy atom. The van der Waals surface area contributed by atoms with Crippen LogP contribution < -0.4 is 14.8 Å². The molecule has 1 aromatic carbocycles. The quantitative estimate of drug-likeness (QED) is 0.575. The molecule has 3 aromatic rings. The first-order valence-electron chi connectivity index (χ1n) is 8.81. The standard InChI is InChI=1S/C18H18ClN5O4S/c19-12-2-3-14-13(9-12)16(24-7-1-5-22-29(24,27)28)17(18(25)26)23(14)10-11-4-6-21-15(20)8-11/h2-4,6,8-9,22H,1,5,7,10H2,(H2,20,21)(H,25,26). The summed E-state index contributed by atoms with van der Waals surface area (Å²) in [5.74, 6) is -0.933. The Labute approximate surface area is 171 Å². The topological polar surface area (TPSA) is 131 Å². The zero-order chi connectivity index (χ0) is 20.8. The molecular weight excluding hydrogens is 418 g/mol. The number of carbonyl (C=O) groups is 1. The van der Waals surface area contributed by atoms with Crippen molar-refractivity contribution in [1.82, 2.24) is 14.3 Å². The maximum Gasteiger partial charge on any atom is 0.354 e. The Morgan fingerprint density at radius 1 is 1.31 bits per heavy atom. The van der Waals surface area contributed by atoms with Crippen LogP contribution in [0.4, 0.5) is 11.5 Å². The van der Waals surface area contributed by atoms with Gasteiger partial charge >= 0.3 is 16.2 Å². The average molecular weight is 436 g/mol. The highest BCUT2D eigenvalue weighted by Gasteiger charge is 2.34. The molecule has 0 atom stereocenters. The van der Waals surface area contributed by atoms with E-state index in [1.54, 1.807) is 34.9 Å². The van der Waals surface area contributed by atoms with Crippen molar-refractivity contribution in [3.8, 4) is 0 Å². The van der Waals surface area contributed by atoms with Gasteiger partial charge in [0.25, 0.3) is 0 Å². The van der Waals surface area contributed by atoms with Crippen LogP contribution in [0.15, 0.2) is 36.5 Å². The minimum absolute atomic E-state index is 0.101. The number of hydrogen-bond acceptors (Lipinski definition) is 5. The van der Waals surface area contributed by atoms with Gasteiger partial charge in [-0.3, -0.25) is 4.31 Å². The van der Waals surface area contributed by atoms with Crippen LogP contribution in [0.3, 0.4) is 0 Å². The predicted octanol–water partition coefficient (Wildman–Crippen LogP) is 2.06. The minimum atomic E-state index is -3.87. The van der Waals surface area contributed by atoms with E-state index in [0.29, 0.717) is 34.7 Å². The number of carboxylic acids is 1. The number of nitrogens with zero attached hydrogens (tertiary/aromatic N) is 3. The number of benzene rings is 1. The molecule has 2 aromatic heterocycles. The van der Waals surface area contributed by atoms with Crippen molar-refractivity contribution in [3.05, 3.63) is 52.8 Å². The third kappa shape index (κ3) is 3.50. The third-order valence-electron chi connectivity index (χ3n) is 4.75. The molecule has 0 aliphatic carbocycles. The maximum absolute atomic E-state index is 12.7. The summed E-state index contributed by atoms with van der Waals surface area (Å²) < 4.78 is 30.4. The number of anilines is 2. The van der Waals surface area contributed by atoms with Crippen molar-refractivity contribution in [1.29, 1.82) is 0 Å². The van der Waals surface area contributed by atoms with Crippen molar-refractivity contribution in [2.24, 2.45) is 0 Å². The fourth-order valence-corrected chi connectivity index (χ4v) is 5.10. The fourth-order valence-electron chi connectivity index (χ4n) is 3.57. The number of pyridine rings is 1. The van der Waals surface area contributed by atoms with E-state index in [0.717, 1.165) is 9.87 Å². The molecule has 9 nitrogen and oxygen atoms in total. The predicted molar refractivity (Wildman–Crippen MR) is 111 cm³/mol. The molecule has 0 radical (unpaired) electrons. The summed E-state index contributed by atoms with van der Waals surface area (Å²) >= 11 is 6.16. The number of rotatable bonds is 4. The molecule has 0 unspecified atom stereocenters. The molecule has 0 bridgehead atoms. The highest BCUT2D eigenvalue weighted by Crippen LogP contribution is 2.38. The Morgan fingerprint density at radius 2 is 2.10 bits per heavy atom. The van der Waals surface area contributed by atoms with Gasteiger partial charge in [-0.2, -0.15) is 13.1 Å². The zero-order valence-corrected chi connectivity index (χ0v) is 16.7. The van der Waals surface area contributed by atoms with E-state index >= 15 is 0 Å². The van der Waals surface area contributed by atoms with Gasteiger partial charge in [0.15, 0.2) is 5.69 Å². The zero-order valence-electron chi connectivity index (χ0n) is 15.2. The summed E-state index contributed by atoms with van der Waals surface area (Å²) in [6, 6.07) is 8.27. The molecule has 152 valence electrons. The highest BCUT2D eigenvalue weighted by atomic mass is 35.5. The van der Waals surface area contributed by atoms with E-state index < -0.39 is 16.2 Å². The van der Waals surface area contributed by atoms with Gasteiger partial charge in [-0.05, 0) is 42.3 Å². The van der Waals surface area contributed by atoms with E-state index in [1.165, 1.54) is 6.20 Å². The lowest BCUT2D eigenvalue weighted by Gasteiger charge is -2.28. The van der Waals surface area contributed by atoms with E-state index in [4.69, 9.17) is 17.3 Å². The van der Waals surface area contributed by atoms with E-state index in [2.05, 4.69) is 9.71 Å². The first-order chi connectivity index (χ1) is 13.8. The number of nitrogens with two attached hydrogens (primary N) is 1. The molecule has 1 saturated heterocycles. The molecular formula is C18H18ClN5O4S. The second kappa shape index (κ2) is 7.21. The summed E-state index contributed by atoms with van der Waals surface area (Å²) in [7, 11) is -3.87. The number of aromatic nitrogens is 2. The van der Waals surface area contributed by atoms with Gasteiger partial charge < -0.3 is 15.4 Å². The Balaban J connectivity index is 2.01. The van der Waals surface area contributed by atoms with Gasteiger partial charge in [-0.1, -0.05) is 11.6 Å². The van der Waals surface area contributed by atoms with Crippen LogP contribution in [0.5, 0.6) is 0 Å². The van der Waals surface area contributed by atoms with Crippen LogP contribution in [0.25, 0.3) is 10.9 Å². The molecule has 1 aliphatic heterocycles. The van der Waals surface area contributed by atoms with Crippen molar-refractivity contribution < 1.29 is 18.3 Å². The summed E-state index contributed by atoms with van der Waals surface area (Å²) in [6.07, 6.45) is 2.08. The van der Waals surface area contributed by atoms with Crippen LogP contribution in [-0.4, -0.2) is 42.1 Å². The SMILES string of the molecule is Nc1cc(Cn2c(C(=O)O)c(N3CCCNS3(=O)=O)c3cc(Cl)ccc32)ccn1. The normalized spacial score (nSPS) is 16.2. The van der Waals surface area contributed by atoms with Crippen LogP contribution >= 0.6 is 11.6 Å². The monoisotopic (exact) mass is 435 g/mol. The van der Waals surface area contributed by atoms with Crippen LogP contribution in [0, 0.1) is 0 Å². The van der Waals surface area contributed by atoms with E-state index in [9.17, 15) is 18.3 Å². The number of carboxylic acid groups (broad SMARTS) is 1. The number of halogens is 1. The summed E-state index contributed by atoms with van der Waals surface area (Å²) in [6.45, 7) is 0.647. The van der Waals surface area contributed by atoms with Crippen LogP contribution in [0.1, 0.15) is 22.5 Å². The molecule has 11 heteroatoms. The Hall–Kier alpha value is -2.82. The fraction of sp³-hybridized carbons (Fsp3) is 0.222. The second-order valence-corrected chi connectivity index (χ2v) is 8.78. The summed E-state index contributed by atoms with van der Waals surface area (Å²) in [4.78, 5) is 16.2. The van der Waals surface area contributed by atoms with Gasteiger partial charge in [0, 0.05) is 36.2 Å². The van der Waals surface area contributed by atoms with Gasteiger partial charge in [-0.25, -0.2) is 9.78 Å². The smallest absolute Gasteiger partial charge is 0.354 e. The molecule has 1 fully saturated rings. The maximum atomic E-state index is 12.7. The van der Waals surface area contributed by atoms with Crippen LogP contribution in [0.2, 0.25) is 5.02 Å². The highest BCUT2D eigenvalue weighted by molar-refractivity contribution is 7.91. The average Bonchev–Trinajstić information content (AvgIpc) is 2.94. The second-order valence-electron chi connectivity index (χ2n) is 6.66. The van der Waals surface area contributed by atoms with Gasteiger partial charge in [-0.15, -0.1) is 0 Å². The van der Waals surface area contributed by atoms with Crippen molar-refractivity contribution in [2.45, 2.75) is 13.0 Å². The summed E-state index contributed by atoms with van der Waals surface area (Å²) in [5.41, 5.74) is 7.01. The van der Waals surface area contributed by atoms with Gasteiger partial charge in [0.1, 0.15) is 5.82 Å². The lowest BCUT2D eigenvalue weighted by Crippen LogP contribution is -2.47. The molecule has 0 amide bonds. The van der Waals surface area contributed by atoms with Crippen molar-refractivity contribution in [2.75, 3.05) is 23.1 Å². The molecule has 3 heterocycles. The Bertz CT molecular complexity index is 1220. The summed E-state index contributed by atoms with van der Waals surface area (Å²) in [5, 5.41) is 10.8. The first-order valence-corrected chi connectivity index (χ1v) is 10.6. The largest absolute Gasteiger partial charge is 0.477 e. The lowest BCUT2D eigenvalue weighted by molar-refractivity contribution is 0.0687. The minimum Gasteiger partial charge on any atom is -0.477 e. The first kappa shape index (κ1) is 19.5. The molecule has 4 N–H and O–H groups in total. The number of nitrogen functional groups attached to an aromatic ring is 1. The molecule has 1 aliphatic rings. The molecule has 29 heavy (non-hydrogen) atoms. The van der Waals surface area contributed by atoms with Gasteiger partial charge in [0.05, 0.1) is 11.2 Å². The van der Waals surface area contributed by atoms with Crippen LogP contribution in [-0.2, 0) is 16.8 Å². The van der Waals surface area contributed by atoms with E-state index in [-0.39, 0.29) is 24.5 Å². The van der Waals surface area contributed by atoms with Crippen molar-refractivity contribution >= 4 is 50.2 Å². The third-order valence-corrected chi connectivity index (χ3v) is 6.50. The molecule has 4 rings (SSSR count). The van der Waals surface area contributed by atoms with Crippen molar-refractivity contribution in [3.63, 3.8) is 0 Å². The Kier molecular flexibility index (Phi) is 4.85. The molecule has 0 saturated carbocycles. The number of nitrogens with one attached hydrogen (secondary N) is 1. The van der Waals surface area contributed by atoms with Gasteiger partial charge in [0.2, 0.25) is 0 Å². The van der Waals surface area contributed by atoms with E-state index in [1.807, 2.05) is 0 Å². The number of fused-ring (bicyclic) bond motifs is 1.